The third kappa shape index (κ3) is 5.49. The van der Waals surface area contributed by atoms with Gasteiger partial charge in [-0.2, -0.15) is 0 Å². The van der Waals surface area contributed by atoms with Gasteiger partial charge < -0.3 is 10.1 Å². The standard InChI is InChI=1S/C19H17ClN2O2S2/c1-24-17-4-2-3-15(9-17)21-18(23)10-16-12-26-19(22-16)25-11-13-5-7-14(20)8-6-13/h2-9,12H,10-11H2,1H3,(H,21,23). The summed E-state index contributed by atoms with van der Waals surface area (Å²) in [7, 11) is 1.60. The molecule has 0 spiro atoms. The topological polar surface area (TPSA) is 51.2 Å². The number of carbonyl (C=O) groups is 1. The Morgan fingerprint density at radius 1 is 1.27 bits per heavy atom. The number of hydrogen-bond donors (Lipinski definition) is 1. The molecule has 0 fully saturated rings. The molecule has 0 unspecified atom stereocenters. The third-order valence-corrected chi connectivity index (χ3v) is 5.89. The minimum absolute atomic E-state index is 0.0993. The Labute approximate surface area is 165 Å². The van der Waals surface area contributed by atoms with Crippen molar-refractivity contribution in [1.29, 1.82) is 0 Å². The Balaban J connectivity index is 1.52. The lowest BCUT2D eigenvalue weighted by atomic mass is 10.2. The van der Waals surface area contributed by atoms with E-state index in [2.05, 4.69) is 10.3 Å². The predicted octanol–water partition coefficient (Wildman–Crippen LogP) is 5.28. The van der Waals surface area contributed by atoms with Crippen LogP contribution in [0, 0.1) is 0 Å². The van der Waals surface area contributed by atoms with Gasteiger partial charge in [-0.05, 0) is 29.8 Å². The SMILES string of the molecule is COc1cccc(NC(=O)Cc2csc(SCc3ccc(Cl)cc3)n2)c1. The average Bonchev–Trinajstić information content (AvgIpc) is 3.08. The molecular weight excluding hydrogens is 388 g/mol. The molecule has 0 saturated heterocycles. The summed E-state index contributed by atoms with van der Waals surface area (Å²) in [5.41, 5.74) is 2.67. The van der Waals surface area contributed by atoms with Crippen molar-refractivity contribution in [3.8, 4) is 5.75 Å². The molecular formula is C19H17ClN2O2S2. The summed E-state index contributed by atoms with van der Waals surface area (Å²) in [4.78, 5) is 16.7. The number of nitrogens with zero attached hydrogens (tertiary/aromatic N) is 1. The molecule has 3 rings (SSSR count). The van der Waals surface area contributed by atoms with Crippen molar-refractivity contribution < 1.29 is 9.53 Å². The molecule has 0 aliphatic rings. The molecule has 1 N–H and O–H groups in total. The number of aromatic nitrogens is 1. The summed E-state index contributed by atoms with van der Waals surface area (Å²) >= 11 is 9.10. The van der Waals surface area contributed by atoms with Crippen molar-refractivity contribution in [2.75, 3.05) is 12.4 Å². The first-order chi connectivity index (χ1) is 12.6. The van der Waals surface area contributed by atoms with E-state index in [0.29, 0.717) is 11.4 Å². The van der Waals surface area contributed by atoms with Crippen LogP contribution in [-0.2, 0) is 17.0 Å². The van der Waals surface area contributed by atoms with Crippen LogP contribution in [0.15, 0.2) is 58.3 Å². The van der Waals surface area contributed by atoms with E-state index < -0.39 is 0 Å². The molecule has 0 aliphatic heterocycles. The molecule has 0 aliphatic carbocycles. The van der Waals surface area contributed by atoms with Crippen molar-refractivity contribution in [3.05, 3.63) is 70.2 Å². The molecule has 0 radical (unpaired) electrons. The second kappa shape index (κ2) is 9.07. The number of carbonyl (C=O) groups excluding carboxylic acids is 1. The van der Waals surface area contributed by atoms with Crippen LogP contribution in [0.4, 0.5) is 5.69 Å². The van der Waals surface area contributed by atoms with Crippen molar-refractivity contribution in [2.24, 2.45) is 0 Å². The third-order valence-electron chi connectivity index (χ3n) is 3.50. The van der Waals surface area contributed by atoms with E-state index in [1.165, 1.54) is 5.56 Å². The number of nitrogens with one attached hydrogen (secondary N) is 1. The van der Waals surface area contributed by atoms with Crippen molar-refractivity contribution in [3.63, 3.8) is 0 Å². The Kier molecular flexibility index (Phi) is 6.55. The summed E-state index contributed by atoms with van der Waals surface area (Å²) in [5, 5.41) is 5.52. The number of rotatable bonds is 7. The van der Waals surface area contributed by atoms with Crippen LogP contribution in [0.1, 0.15) is 11.3 Å². The maximum atomic E-state index is 12.2. The van der Waals surface area contributed by atoms with E-state index in [-0.39, 0.29) is 12.3 Å². The number of benzene rings is 2. The van der Waals surface area contributed by atoms with Crippen LogP contribution < -0.4 is 10.1 Å². The van der Waals surface area contributed by atoms with Gasteiger partial charge in [-0.15, -0.1) is 11.3 Å². The van der Waals surface area contributed by atoms with Gasteiger partial charge in [0.1, 0.15) is 10.1 Å². The highest BCUT2D eigenvalue weighted by molar-refractivity contribution is 8.00. The lowest BCUT2D eigenvalue weighted by Gasteiger charge is -2.06. The van der Waals surface area contributed by atoms with E-state index >= 15 is 0 Å². The van der Waals surface area contributed by atoms with Gasteiger partial charge in [0, 0.05) is 27.9 Å². The number of halogens is 1. The van der Waals surface area contributed by atoms with Crippen LogP contribution in [-0.4, -0.2) is 18.0 Å². The summed E-state index contributed by atoms with van der Waals surface area (Å²) in [6.45, 7) is 0. The molecule has 0 saturated carbocycles. The molecule has 2 aromatic carbocycles. The molecule has 1 heterocycles. The monoisotopic (exact) mass is 404 g/mol. The highest BCUT2D eigenvalue weighted by Gasteiger charge is 2.09. The second-order valence-corrected chi connectivity index (χ2v) is 7.99. The average molecular weight is 405 g/mol. The summed E-state index contributed by atoms with van der Waals surface area (Å²) < 4.78 is 6.10. The van der Waals surface area contributed by atoms with E-state index in [4.69, 9.17) is 16.3 Å². The fourth-order valence-corrected chi connectivity index (χ4v) is 4.16. The zero-order chi connectivity index (χ0) is 18.4. The van der Waals surface area contributed by atoms with Crippen molar-refractivity contribution in [2.45, 2.75) is 16.5 Å². The van der Waals surface area contributed by atoms with Gasteiger partial charge in [0.2, 0.25) is 5.91 Å². The van der Waals surface area contributed by atoms with Crippen molar-refractivity contribution in [1.82, 2.24) is 4.98 Å². The molecule has 0 atom stereocenters. The lowest BCUT2D eigenvalue weighted by molar-refractivity contribution is -0.115. The number of methoxy groups -OCH3 is 1. The van der Waals surface area contributed by atoms with Crippen LogP contribution in [0.2, 0.25) is 5.02 Å². The molecule has 1 aromatic heterocycles. The molecule has 26 heavy (non-hydrogen) atoms. The normalized spacial score (nSPS) is 10.5. The van der Waals surface area contributed by atoms with Crippen LogP contribution in [0.5, 0.6) is 5.75 Å². The Hall–Kier alpha value is -2.02. The second-order valence-electron chi connectivity index (χ2n) is 5.48. The predicted molar refractivity (Wildman–Crippen MR) is 108 cm³/mol. The summed E-state index contributed by atoms with van der Waals surface area (Å²) in [6.07, 6.45) is 0.245. The first-order valence-electron chi connectivity index (χ1n) is 7.88. The van der Waals surface area contributed by atoms with Gasteiger partial charge in [-0.25, -0.2) is 4.98 Å². The maximum absolute atomic E-state index is 12.2. The van der Waals surface area contributed by atoms with Crippen molar-refractivity contribution >= 4 is 46.3 Å². The Bertz CT molecular complexity index is 881. The Morgan fingerprint density at radius 3 is 2.85 bits per heavy atom. The van der Waals surface area contributed by atoms with E-state index in [1.54, 1.807) is 36.3 Å². The highest BCUT2D eigenvalue weighted by atomic mass is 35.5. The fourth-order valence-electron chi connectivity index (χ4n) is 2.23. The van der Waals surface area contributed by atoms with Gasteiger partial charge in [0.05, 0.1) is 19.2 Å². The molecule has 3 aromatic rings. The summed E-state index contributed by atoms with van der Waals surface area (Å²) in [6, 6.07) is 15.1. The maximum Gasteiger partial charge on any atom is 0.230 e. The fraction of sp³-hybridized carbons (Fsp3) is 0.158. The number of amides is 1. The number of hydrogen-bond acceptors (Lipinski definition) is 5. The number of thiazole rings is 1. The first-order valence-corrected chi connectivity index (χ1v) is 10.1. The van der Waals surface area contributed by atoms with E-state index in [9.17, 15) is 4.79 Å². The number of thioether (sulfide) groups is 1. The first kappa shape index (κ1) is 18.8. The minimum Gasteiger partial charge on any atom is -0.497 e. The molecule has 134 valence electrons. The molecule has 4 nitrogen and oxygen atoms in total. The van der Waals surface area contributed by atoms with Gasteiger partial charge >= 0.3 is 0 Å². The van der Waals surface area contributed by atoms with Gasteiger partial charge in [-0.3, -0.25) is 4.79 Å². The number of anilines is 1. The van der Waals surface area contributed by atoms with E-state index in [1.807, 2.05) is 47.8 Å². The van der Waals surface area contributed by atoms with Crippen LogP contribution in [0.3, 0.4) is 0 Å². The zero-order valence-corrected chi connectivity index (χ0v) is 16.5. The van der Waals surface area contributed by atoms with Gasteiger partial charge in [0.25, 0.3) is 0 Å². The van der Waals surface area contributed by atoms with Crippen LogP contribution in [0.25, 0.3) is 0 Å². The molecule has 7 heteroatoms. The van der Waals surface area contributed by atoms with E-state index in [0.717, 1.165) is 20.8 Å². The van der Waals surface area contributed by atoms with Crippen LogP contribution >= 0.6 is 34.7 Å². The number of ether oxygens (including phenoxy) is 1. The van der Waals surface area contributed by atoms with Gasteiger partial charge in [0.15, 0.2) is 0 Å². The Morgan fingerprint density at radius 2 is 2.08 bits per heavy atom. The molecule has 0 bridgehead atoms. The zero-order valence-electron chi connectivity index (χ0n) is 14.1. The summed E-state index contributed by atoms with van der Waals surface area (Å²) in [5.74, 6) is 1.43. The molecule has 1 amide bonds. The largest absolute Gasteiger partial charge is 0.497 e. The van der Waals surface area contributed by atoms with Gasteiger partial charge in [-0.1, -0.05) is 41.6 Å². The minimum atomic E-state index is -0.0993. The quantitative estimate of drug-likeness (QED) is 0.544. The smallest absolute Gasteiger partial charge is 0.230 e. The highest BCUT2D eigenvalue weighted by Crippen LogP contribution is 2.27. The lowest BCUT2D eigenvalue weighted by Crippen LogP contribution is -2.14.